The summed E-state index contributed by atoms with van der Waals surface area (Å²) in [7, 11) is 0. The second-order valence-electron chi connectivity index (χ2n) is 11.1. The molecule has 4 unspecified atom stereocenters. The summed E-state index contributed by atoms with van der Waals surface area (Å²) in [5.41, 5.74) is 19.2. The molecule has 12 N–H and O–H groups in total. The fourth-order valence-electron chi connectivity index (χ4n) is 4.74. The predicted octanol–water partition coefficient (Wildman–Crippen LogP) is -0.358. The van der Waals surface area contributed by atoms with Crippen LogP contribution in [0.5, 0.6) is 0 Å². The van der Waals surface area contributed by atoms with Crippen LogP contribution in [0.15, 0.2) is 48.0 Å². The lowest BCUT2D eigenvalue weighted by Crippen LogP contribution is -2.58. The fourth-order valence-corrected chi connectivity index (χ4v) is 4.74. The molecule has 0 saturated carbocycles. The zero-order valence-corrected chi connectivity index (χ0v) is 24.9. The van der Waals surface area contributed by atoms with Gasteiger partial charge in [-0.25, -0.2) is 9.78 Å². The van der Waals surface area contributed by atoms with Crippen LogP contribution < -0.4 is 33.2 Å². The first-order chi connectivity index (χ1) is 20.9. The summed E-state index contributed by atoms with van der Waals surface area (Å²) >= 11 is 0. The molecule has 2 aromatic heterocycles. The molecule has 3 amide bonds. The Hall–Kier alpha value is -4.92. The Balaban J connectivity index is 1.71. The van der Waals surface area contributed by atoms with E-state index >= 15 is 0 Å². The van der Waals surface area contributed by atoms with Crippen molar-refractivity contribution in [3.63, 3.8) is 0 Å². The number of imidazole rings is 1. The maximum Gasteiger partial charge on any atom is 0.326 e. The highest BCUT2D eigenvalue weighted by Crippen LogP contribution is 2.19. The topological polar surface area (TPSA) is 259 Å². The number of aliphatic carboxylic acids is 1. The first-order valence-corrected chi connectivity index (χ1v) is 14.4. The van der Waals surface area contributed by atoms with E-state index in [4.69, 9.17) is 17.2 Å². The molecule has 0 aliphatic rings. The number of fused-ring (bicyclic) bond motifs is 1. The molecule has 15 nitrogen and oxygen atoms in total. The van der Waals surface area contributed by atoms with Crippen molar-refractivity contribution < 1.29 is 24.3 Å². The van der Waals surface area contributed by atoms with E-state index in [0.717, 1.165) is 16.5 Å². The maximum absolute atomic E-state index is 13.5. The Morgan fingerprint density at radius 1 is 0.955 bits per heavy atom. The smallest absolute Gasteiger partial charge is 0.326 e. The zero-order chi connectivity index (χ0) is 32.2. The molecular formula is C29H42N10O5. The lowest BCUT2D eigenvalue weighted by atomic mass is 10.0. The van der Waals surface area contributed by atoms with Gasteiger partial charge in [-0.05, 0) is 43.2 Å². The Morgan fingerprint density at radius 3 is 2.30 bits per heavy atom. The van der Waals surface area contributed by atoms with Gasteiger partial charge >= 0.3 is 5.97 Å². The van der Waals surface area contributed by atoms with Gasteiger partial charge in [0.1, 0.15) is 18.1 Å². The van der Waals surface area contributed by atoms with Gasteiger partial charge in [0.05, 0.1) is 12.4 Å². The van der Waals surface area contributed by atoms with E-state index < -0.39 is 47.9 Å². The van der Waals surface area contributed by atoms with E-state index in [1.165, 1.54) is 12.5 Å². The minimum absolute atomic E-state index is 0.000333. The van der Waals surface area contributed by atoms with Gasteiger partial charge < -0.3 is 48.2 Å². The third-order valence-corrected chi connectivity index (χ3v) is 6.96. The van der Waals surface area contributed by atoms with Gasteiger partial charge in [0.2, 0.25) is 17.7 Å². The second kappa shape index (κ2) is 16.1. The number of nitrogens with zero attached hydrogens (tertiary/aromatic N) is 2. The number of amides is 3. The lowest BCUT2D eigenvalue weighted by Gasteiger charge is -2.26. The molecule has 0 fully saturated rings. The van der Waals surface area contributed by atoms with Gasteiger partial charge in [0.15, 0.2) is 5.96 Å². The van der Waals surface area contributed by atoms with Crippen LogP contribution in [0.4, 0.5) is 0 Å². The van der Waals surface area contributed by atoms with Gasteiger partial charge in [-0.15, -0.1) is 0 Å². The number of carboxylic acids is 1. The van der Waals surface area contributed by atoms with Crippen LogP contribution in [0.3, 0.4) is 0 Å². The number of para-hydroxylation sites is 1. The molecule has 0 bridgehead atoms. The number of nitrogens with two attached hydrogens (primary N) is 3. The van der Waals surface area contributed by atoms with Crippen molar-refractivity contribution in [2.75, 3.05) is 6.54 Å². The number of carbonyl (C=O) groups excluding carboxylic acids is 3. The summed E-state index contributed by atoms with van der Waals surface area (Å²) in [4.78, 5) is 65.7. The van der Waals surface area contributed by atoms with Gasteiger partial charge in [-0.2, -0.15) is 0 Å². The summed E-state index contributed by atoms with van der Waals surface area (Å²) in [6.07, 6.45) is 5.60. The summed E-state index contributed by atoms with van der Waals surface area (Å²) in [6, 6.07) is 3.32. The number of hydrogen-bond donors (Lipinski definition) is 9. The van der Waals surface area contributed by atoms with Crippen molar-refractivity contribution >= 4 is 40.6 Å². The largest absolute Gasteiger partial charge is 0.480 e. The molecule has 0 aliphatic carbocycles. The highest BCUT2D eigenvalue weighted by molar-refractivity contribution is 5.94. The van der Waals surface area contributed by atoms with Crippen molar-refractivity contribution in [2.45, 2.75) is 70.1 Å². The average Bonchev–Trinajstić information content (AvgIpc) is 3.63. The molecule has 15 heteroatoms. The number of guanidine groups is 1. The maximum atomic E-state index is 13.5. The Bertz CT molecular complexity index is 1430. The molecule has 2 heterocycles. The standard InChI is InChI=1S/C29H42N10O5/c1-16(2)10-23(38-25(40)20(30)11-17-13-35-21-7-4-3-6-19(17)21)26(41)39-24(12-18-14-33-15-36-18)27(42)37-22(28(43)44)8-5-9-34-29(31)32/h3-4,6-7,13-16,20,22-24,35H,5,8-12,30H2,1-2H3,(H,33,36)(H,37,42)(H,38,40)(H,39,41)(H,43,44)(H4,31,32,34). The quantitative estimate of drug-likeness (QED) is 0.0548. The lowest BCUT2D eigenvalue weighted by molar-refractivity contribution is -0.142. The fraction of sp³-hybridized carbons (Fsp3) is 0.448. The number of H-pyrrole nitrogens is 2. The number of carbonyl (C=O) groups is 4. The summed E-state index contributed by atoms with van der Waals surface area (Å²) in [5, 5.41) is 18.6. The van der Waals surface area contributed by atoms with Crippen LogP contribution in [0.1, 0.15) is 44.4 Å². The number of rotatable bonds is 17. The normalized spacial score (nSPS) is 13.9. The van der Waals surface area contributed by atoms with Gasteiger partial charge in [0, 0.05) is 42.0 Å². The third-order valence-electron chi connectivity index (χ3n) is 6.96. The third kappa shape index (κ3) is 10.1. The summed E-state index contributed by atoms with van der Waals surface area (Å²) in [5.74, 6) is -3.19. The number of aromatic amines is 2. The molecule has 0 radical (unpaired) electrons. The minimum atomic E-state index is -1.25. The van der Waals surface area contributed by atoms with Crippen molar-refractivity contribution in [3.05, 3.63) is 54.2 Å². The molecular weight excluding hydrogens is 568 g/mol. The minimum Gasteiger partial charge on any atom is -0.480 e. The van der Waals surface area contributed by atoms with Crippen LogP contribution >= 0.6 is 0 Å². The number of aromatic nitrogens is 3. The Labute approximate surface area is 254 Å². The first kappa shape index (κ1) is 33.6. The highest BCUT2D eigenvalue weighted by atomic mass is 16.4. The molecule has 4 atom stereocenters. The molecule has 3 aromatic rings. The Morgan fingerprint density at radius 2 is 1.64 bits per heavy atom. The van der Waals surface area contributed by atoms with Crippen LogP contribution in [0, 0.1) is 5.92 Å². The molecule has 0 spiro atoms. The molecule has 0 aliphatic heterocycles. The summed E-state index contributed by atoms with van der Waals surface area (Å²) in [6.45, 7) is 3.98. The van der Waals surface area contributed by atoms with Crippen molar-refractivity contribution in [1.29, 1.82) is 0 Å². The predicted molar refractivity (Wildman–Crippen MR) is 165 cm³/mol. The van der Waals surface area contributed by atoms with E-state index in [9.17, 15) is 24.3 Å². The van der Waals surface area contributed by atoms with E-state index in [0.29, 0.717) is 12.1 Å². The van der Waals surface area contributed by atoms with Crippen LogP contribution in [0.25, 0.3) is 10.9 Å². The van der Waals surface area contributed by atoms with Gasteiger partial charge in [-0.3, -0.25) is 19.4 Å². The SMILES string of the molecule is CC(C)CC(NC(=O)C(N)Cc1c[nH]c2ccccc12)C(=O)NC(Cc1cnc[nH]1)C(=O)NC(CCCN=C(N)N)C(=O)O. The number of aliphatic imine (C=N–C) groups is 1. The zero-order valence-electron chi connectivity index (χ0n) is 24.9. The van der Waals surface area contributed by atoms with Gasteiger partial charge in [-0.1, -0.05) is 32.0 Å². The van der Waals surface area contributed by atoms with Crippen LogP contribution in [-0.2, 0) is 32.0 Å². The second-order valence-corrected chi connectivity index (χ2v) is 11.1. The molecule has 3 rings (SSSR count). The first-order valence-electron chi connectivity index (χ1n) is 14.4. The van der Waals surface area contributed by atoms with E-state index in [2.05, 4.69) is 35.9 Å². The molecule has 1 aromatic carbocycles. The van der Waals surface area contributed by atoms with E-state index in [-0.39, 0.29) is 44.1 Å². The van der Waals surface area contributed by atoms with Gasteiger partial charge in [0.25, 0.3) is 0 Å². The Kier molecular flexibility index (Phi) is 12.3. The molecule has 44 heavy (non-hydrogen) atoms. The van der Waals surface area contributed by atoms with Crippen LogP contribution in [0.2, 0.25) is 0 Å². The number of hydrogen-bond acceptors (Lipinski definition) is 7. The van der Waals surface area contributed by atoms with Crippen molar-refractivity contribution in [2.24, 2.45) is 28.1 Å². The number of carboxylic acid groups (broad SMARTS) is 1. The number of benzene rings is 1. The molecule has 0 saturated heterocycles. The van der Waals surface area contributed by atoms with E-state index in [1.54, 1.807) is 6.20 Å². The van der Waals surface area contributed by atoms with E-state index in [1.807, 2.05) is 38.1 Å². The van der Waals surface area contributed by atoms with Crippen LogP contribution in [-0.4, -0.2) is 80.4 Å². The van der Waals surface area contributed by atoms with Crippen molar-refractivity contribution in [3.8, 4) is 0 Å². The monoisotopic (exact) mass is 610 g/mol. The van der Waals surface area contributed by atoms with Crippen molar-refractivity contribution in [1.82, 2.24) is 30.9 Å². The highest BCUT2D eigenvalue weighted by Gasteiger charge is 2.31. The molecule has 238 valence electrons. The summed E-state index contributed by atoms with van der Waals surface area (Å²) < 4.78 is 0. The average molecular weight is 611 g/mol. The number of nitrogens with one attached hydrogen (secondary N) is 5.